The standard InChI is InChI=1S/C19H32N4O2.HI/c1-3-20-19(21-10-7-11-23-12-14-24-15-13-23)22-16-17-8-5-6-9-18(17)25-4-2;/h5-6,8-9H,3-4,7,10-16H2,1-2H3,(H2,20,21,22);1H. The summed E-state index contributed by atoms with van der Waals surface area (Å²) in [5, 5.41) is 6.73. The van der Waals surface area contributed by atoms with Crippen LogP contribution in [0.4, 0.5) is 0 Å². The van der Waals surface area contributed by atoms with Gasteiger partial charge in [-0.1, -0.05) is 18.2 Å². The molecule has 1 aromatic rings. The third-order valence-electron chi connectivity index (χ3n) is 4.07. The van der Waals surface area contributed by atoms with Gasteiger partial charge in [-0.05, 0) is 32.9 Å². The molecular weight excluding hydrogens is 443 g/mol. The number of morpholine rings is 1. The van der Waals surface area contributed by atoms with E-state index in [1.54, 1.807) is 0 Å². The number of ether oxygens (including phenoxy) is 2. The van der Waals surface area contributed by atoms with Gasteiger partial charge in [-0.2, -0.15) is 0 Å². The first kappa shape index (κ1) is 23.0. The average Bonchev–Trinajstić information content (AvgIpc) is 2.65. The van der Waals surface area contributed by atoms with Crippen molar-refractivity contribution in [2.24, 2.45) is 4.99 Å². The first-order chi connectivity index (χ1) is 12.3. The van der Waals surface area contributed by atoms with Crippen LogP contribution in [0.2, 0.25) is 0 Å². The second kappa shape index (κ2) is 14.1. The minimum absolute atomic E-state index is 0. The Kier molecular flexibility index (Phi) is 12.4. The predicted molar refractivity (Wildman–Crippen MR) is 118 cm³/mol. The molecule has 1 fully saturated rings. The molecule has 6 nitrogen and oxygen atoms in total. The van der Waals surface area contributed by atoms with Gasteiger partial charge >= 0.3 is 0 Å². The quantitative estimate of drug-likeness (QED) is 0.248. The molecule has 1 aliphatic rings. The van der Waals surface area contributed by atoms with Crippen LogP contribution in [0.25, 0.3) is 0 Å². The van der Waals surface area contributed by atoms with E-state index < -0.39 is 0 Å². The van der Waals surface area contributed by atoms with Crippen molar-refractivity contribution in [3.63, 3.8) is 0 Å². The Morgan fingerprint density at radius 3 is 2.69 bits per heavy atom. The normalized spacial score (nSPS) is 15.2. The van der Waals surface area contributed by atoms with E-state index in [1.807, 2.05) is 25.1 Å². The highest BCUT2D eigenvalue weighted by Crippen LogP contribution is 2.18. The number of halogens is 1. The fourth-order valence-corrected chi connectivity index (χ4v) is 2.77. The zero-order chi connectivity index (χ0) is 17.7. The van der Waals surface area contributed by atoms with Crippen molar-refractivity contribution in [3.05, 3.63) is 29.8 Å². The maximum atomic E-state index is 5.67. The minimum atomic E-state index is 0. The van der Waals surface area contributed by atoms with Crippen molar-refractivity contribution in [1.82, 2.24) is 15.5 Å². The van der Waals surface area contributed by atoms with Crippen LogP contribution in [0.15, 0.2) is 29.3 Å². The molecule has 2 rings (SSSR count). The molecule has 0 radical (unpaired) electrons. The van der Waals surface area contributed by atoms with E-state index in [2.05, 4.69) is 28.5 Å². The lowest BCUT2D eigenvalue weighted by Crippen LogP contribution is -2.40. The molecule has 26 heavy (non-hydrogen) atoms. The lowest BCUT2D eigenvalue weighted by molar-refractivity contribution is 0.0376. The van der Waals surface area contributed by atoms with Crippen molar-refractivity contribution in [1.29, 1.82) is 0 Å². The molecule has 1 heterocycles. The summed E-state index contributed by atoms with van der Waals surface area (Å²) in [5.74, 6) is 1.77. The summed E-state index contributed by atoms with van der Waals surface area (Å²) in [7, 11) is 0. The molecular formula is C19H33IN4O2. The summed E-state index contributed by atoms with van der Waals surface area (Å²) in [6.45, 7) is 12.0. The van der Waals surface area contributed by atoms with Gasteiger partial charge in [0.2, 0.25) is 0 Å². The van der Waals surface area contributed by atoms with Crippen molar-refractivity contribution in [2.45, 2.75) is 26.8 Å². The Labute approximate surface area is 174 Å². The highest BCUT2D eigenvalue weighted by Gasteiger charge is 2.09. The largest absolute Gasteiger partial charge is 0.494 e. The highest BCUT2D eigenvalue weighted by atomic mass is 127. The maximum Gasteiger partial charge on any atom is 0.191 e. The van der Waals surface area contributed by atoms with Gasteiger partial charge in [0, 0.05) is 31.7 Å². The smallest absolute Gasteiger partial charge is 0.191 e. The van der Waals surface area contributed by atoms with Gasteiger partial charge in [0.15, 0.2) is 5.96 Å². The molecule has 0 atom stereocenters. The van der Waals surface area contributed by atoms with E-state index in [-0.39, 0.29) is 24.0 Å². The number of aliphatic imine (C=N–C) groups is 1. The Hall–Kier alpha value is -1.06. The van der Waals surface area contributed by atoms with E-state index >= 15 is 0 Å². The van der Waals surface area contributed by atoms with Crippen molar-refractivity contribution in [2.75, 3.05) is 52.5 Å². The van der Waals surface area contributed by atoms with Gasteiger partial charge in [-0.25, -0.2) is 4.99 Å². The molecule has 0 spiro atoms. The molecule has 2 N–H and O–H groups in total. The Morgan fingerprint density at radius 1 is 1.19 bits per heavy atom. The molecule has 148 valence electrons. The van der Waals surface area contributed by atoms with E-state index in [4.69, 9.17) is 14.5 Å². The van der Waals surface area contributed by atoms with Crippen LogP contribution in [0.1, 0.15) is 25.8 Å². The van der Waals surface area contributed by atoms with Crippen LogP contribution < -0.4 is 15.4 Å². The van der Waals surface area contributed by atoms with Gasteiger partial charge in [0.1, 0.15) is 5.75 Å². The number of hydrogen-bond acceptors (Lipinski definition) is 4. The number of rotatable bonds is 9. The highest BCUT2D eigenvalue weighted by molar-refractivity contribution is 14.0. The van der Waals surface area contributed by atoms with E-state index in [1.165, 1.54) is 0 Å². The number of hydrogen-bond donors (Lipinski definition) is 2. The first-order valence-electron chi connectivity index (χ1n) is 9.36. The van der Waals surface area contributed by atoms with E-state index in [0.29, 0.717) is 13.2 Å². The summed E-state index contributed by atoms with van der Waals surface area (Å²) >= 11 is 0. The zero-order valence-corrected chi connectivity index (χ0v) is 18.3. The molecule has 1 aromatic carbocycles. The third-order valence-corrected chi connectivity index (χ3v) is 4.07. The molecule has 0 saturated carbocycles. The summed E-state index contributed by atoms with van der Waals surface area (Å²) in [6.07, 6.45) is 1.10. The van der Waals surface area contributed by atoms with Crippen LogP contribution in [0.5, 0.6) is 5.75 Å². The molecule has 0 aromatic heterocycles. The molecule has 1 saturated heterocycles. The fraction of sp³-hybridized carbons (Fsp3) is 0.632. The monoisotopic (exact) mass is 476 g/mol. The van der Waals surface area contributed by atoms with Gasteiger partial charge < -0.3 is 20.1 Å². The van der Waals surface area contributed by atoms with Gasteiger partial charge in [-0.15, -0.1) is 24.0 Å². The Balaban J connectivity index is 0.00000338. The maximum absolute atomic E-state index is 5.67. The predicted octanol–water partition coefficient (Wildman–Crippen LogP) is 2.48. The van der Waals surface area contributed by atoms with Crippen LogP contribution in [0, 0.1) is 0 Å². The number of para-hydroxylation sites is 1. The minimum Gasteiger partial charge on any atom is -0.494 e. The molecule has 0 aliphatic carbocycles. The summed E-state index contributed by atoms with van der Waals surface area (Å²) in [4.78, 5) is 7.14. The average molecular weight is 476 g/mol. The number of nitrogens with zero attached hydrogens (tertiary/aromatic N) is 2. The number of nitrogens with one attached hydrogen (secondary N) is 2. The van der Waals surface area contributed by atoms with Crippen LogP contribution in [0.3, 0.4) is 0 Å². The van der Waals surface area contributed by atoms with Crippen molar-refractivity contribution < 1.29 is 9.47 Å². The molecule has 0 bridgehead atoms. The van der Waals surface area contributed by atoms with Crippen molar-refractivity contribution >= 4 is 29.9 Å². The van der Waals surface area contributed by atoms with E-state index in [9.17, 15) is 0 Å². The lowest BCUT2D eigenvalue weighted by Gasteiger charge is -2.26. The van der Waals surface area contributed by atoms with Gasteiger partial charge in [-0.3, -0.25) is 4.90 Å². The summed E-state index contributed by atoms with van der Waals surface area (Å²) in [6, 6.07) is 8.08. The Morgan fingerprint density at radius 2 is 1.96 bits per heavy atom. The number of guanidine groups is 1. The second-order valence-electron chi connectivity index (χ2n) is 5.97. The van der Waals surface area contributed by atoms with Crippen LogP contribution >= 0.6 is 24.0 Å². The van der Waals surface area contributed by atoms with Gasteiger partial charge in [0.25, 0.3) is 0 Å². The van der Waals surface area contributed by atoms with E-state index in [0.717, 1.165) is 69.6 Å². The summed E-state index contributed by atoms with van der Waals surface area (Å²) < 4.78 is 11.0. The number of benzene rings is 1. The molecule has 0 amide bonds. The zero-order valence-electron chi connectivity index (χ0n) is 16.0. The third kappa shape index (κ3) is 8.55. The topological polar surface area (TPSA) is 58.1 Å². The second-order valence-corrected chi connectivity index (χ2v) is 5.97. The first-order valence-corrected chi connectivity index (χ1v) is 9.36. The van der Waals surface area contributed by atoms with Crippen LogP contribution in [-0.4, -0.2) is 63.4 Å². The Bertz CT molecular complexity index is 522. The molecule has 7 heteroatoms. The van der Waals surface area contributed by atoms with Crippen LogP contribution in [-0.2, 0) is 11.3 Å². The van der Waals surface area contributed by atoms with Crippen molar-refractivity contribution in [3.8, 4) is 5.75 Å². The molecule has 0 unspecified atom stereocenters. The lowest BCUT2D eigenvalue weighted by atomic mass is 10.2. The SMILES string of the molecule is CCNC(=NCc1ccccc1OCC)NCCCN1CCOCC1.I. The fourth-order valence-electron chi connectivity index (χ4n) is 2.77. The summed E-state index contributed by atoms with van der Waals surface area (Å²) in [5.41, 5.74) is 1.11. The molecule has 1 aliphatic heterocycles. The van der Waals surface area contributed by atoms with Gasteiger partial charge in [0.05, 0.1) is 26.4 Å².